The molecule has 2 aliphatic rings. The fourth-order valence-corrected chi connectivity index (χ4v) is 6.24. The van der Waals surface area contributed by atoms with Crippen LogP contribution in [0.5, 0.6) is 0 Å². The molecule has 0 spiro atoms. The first-order valence-electron chi connectivity index (χ1n) is 9.97. The minimum atomic E-state index is -4.34. The van der Waals surface area contributed by atoms with E-state index in [0.717, 1.165) is 29.6 Å². The maximum Gasteiger partial charge on any atom is 0.289 e. The van der Waals surface area contributed by atoms with Crippen molar-refractivity contribution in [1.82, 2.24) is 5.32 Å². The van der Waals surface area contributed by atoms with Crippen LogP contribution in [0, 0.1) is 22.0 Å². The average molecular weight is 429 g/mol. The normalized spacial score (nSPS) is 22.6. The average Bonchev–Trinajstić information content (AvgIpc) is 3.35. The zero-order valence-corrected chi connectivity index (χ0v) is 17.1. The van der Waals surface area contributed by atoms with Gasteiger partial charge in [0.2, 0.25) is 5.91 Å². The second-order valence-electron chi connectivity index (χ2n) is 7.92. The Kier molecular flexibility index (Phi) is 5.46. The zero-order chi connectivity index (χ0) is 21.3. The Morgan fingerprint density at radius 3 is 2.40 bits per heavy atom. The summed E-state index contributed by atoms with van der Waals surface area (Å²) in [4.78, 5) is 23.0. The van der Waals surface area contributed by atoms with E-state index in [9.17, 15) is 23.3 Å². The molecule has 0 aliphatic heterocycles. The lowest BCUT2D eigenvalue weighted by Gasteiger charge is -2.27. The molecule has 2 bridgehead atoms. The van der Waals surface area contributed by atoms with Crippen LogP contribution in [0.2, 0.25) is 0 Å². The van der Waals surface area contributed by atoms with Gasteiger partial charge in [-0.05, 0) is 49.3 Å². The van der Waals surface area contributed by atoms with Crippen molar-refractivity contribution in [3.63, 3.8) is 0 Å². The van der Waals surface area contributed by atoms with Crippen molar-refractivity contribution < 1.29 is 18.1 Å². The van der Waals surface area contributed by atoms with Gasteiger partial charge in [0, 0.05) is 12.1 Å². The molecule has 30 heavy (non-hydrogen) atoms. The summed E-state index contributed by atoms with van der Waals surface area (Å²) in [6.07, 6.45) is 4.33. The first-order valence-corrected chi connectivity index (χ1v) is 11.4. The molecule has 2 saturated carbocycles. The quantitative estimate of drug-likeness (QED) is 0.537. The van der Waals surface area contributed by atoms with Crippen LogP contribution in [0.3, 0.4) is 0 Å². The molecule has 9 heteroatoms. The SMILES string of the molecule is O=C(CN(c1ccccc1)S(=O)(=O)c1ccccc1[N+](=O)[O-])N[C@@H]1C[C@H]2CC[C@@H]1C2. The van der Waals surface area contributed by atoms with Gasteiger partial charge in [-0.2, -0.15) is 0 Å². The Hall–Kier alpha value is -2.94. The van der Waals surface area contributed by atoms with Crippen LogP contribution < -0.4 is 9.62 Å². The first-order chi connectivity index (χ1) is 14.4. The van der Waals surface area contributed by atoms with Crippen molar-refractivity contribution in [2.75, 3.05) is 10.8 Å². The second-order valence-corrected chi connectivity index (χ2v) is 9.75. The summed E-state index contributed by atoms with van der Waals surface area (Å²) in [6, 6.07) is 13.4. The first kappa shape index (κ1) is 20.3. The molecule has 2 aromatic rings. The number of hydrogen-bond donors (Lipinski definition) is 1. The number of nitrogens with zero attached hydrogens (tertiary/aromatic N) is 2. The van der Waals surface area contributed by atoms with E-state index in [-0.39, 0.29) is 11.7 Å². The predicted molar refractivity (Wildman–Crippen MR) is 111 cm³/mol. The number of para-hydroxylation sites is 2. The highest BCUT2D eigenvalue weighted by molar-refractivity contribution is 7.93. The largest absolute Gasteiger partial charge is 0.352 e. The molecule has 3 atom stereocenters. The van der Waals surface area contributed by atoms with Crippen LogP contribution in [0.25, 0.3) is 0 Å². The Morgan fingerprint density at radius 1 is 1.07 bits per heavy atom. The fourth-order valence-electron chi connectivity index (χ4n) is 4.66. The lowest BCUT2D eigenvalue weighted by molar-refractivity contribution is -0.387. The number of hydrogen-bond acceptors (Lipinski definition) is 5. The molecule has 158 valence electrons. The van der Waals surface area contributed by atoms with Crippen LogP contribution in [0.1, 0.15) is 25.7 Å². The molecule has 2 aromatic carbocycles. The van der Waals surface area contributed by atoms with Crippen LogP contribution in [-0.2, 0) is 14.8 Å². The van der Waals surface area contributed by atoms with Gasteiger partial charge >= 0.3 is 0 Å². The molecular formula is C21H23N3O5S. The second kappa shape index (κ2) is 8.06. The summed E-state index contributed by atoms with van der Waals surface area (Å²) in [7, 11) is -4.34. The van der Waals surface area contributed by atoms with Gasteiger partial charge in [-0.25, -0.2) is 8.42 Å². The molecule has 0 radical (unpaired) electrons. The van der Waals surface area contributed by atoms with Crippen LogP contribution in [0.4, 0.5) is 11.4 Å². The molecule has 0 unspecified atom stereocenters. The number of carbonyl (C=O) groups excluding carboxylic acids is 1. The molecule has 2 fully saturated rings. The van der Waals surface area contributed by atoms with Gasteiger partial charge in [0.25, 0.3) is 15.7 Å². The van der Waals surface area contributed by atoms with Crippen molar-refractivity contribution in [3.05, 3.63) is 64.7 Å². The van der Waals surface area contributed by atoms with Crippen LogP contribution in [0.15, 0.2) is 59.5 Å². The molecule has 0 aromatic heterocycles. The van der Waals surface area contributed by atoms with Crippen molar-refractivity contribution >= 4 is 27.3 Å². The Balaban J connectivity index is 1.63. The van der Waals surface area contributed by atoms with E-state index in [0.29, 0.717) is 11.8 Å². The summed E-state index contributed by atoms with van der Waals surface area (Å²) >= 11 is 0. The highest BCUT2D eigenvalue weighted by atomic mass is 32.2. The van der Waals surface area contributed by atoms with Gasteiger partial charge in [0.05, 0.1) is 10.6 Å². The number of fused-ring (bicyclic) bond motifs is 2. The number of sulfonamides is 1. The predicted octanol–water partition coefficient (Wildman–Crippen LogP) is 3.09. The summed E-state index contributed by atoms with van der Waals surface area (Å²) in [5.74, 6) is 0.690. The van der Waals surface area contributed by atoms with Gasteiger partial charge in [-0.15, -0.1) is 0 Å². The molecule has 1 N–H and O–H groups in total. The van der Waals surface area contributed by atoms with Gasteiger partial charge in [0.1, 0.15) is 6.54 Å². The van der Waals surface area contributed by atoms with E-state index < -0.39 is 38.0 Å². The third-order valence-corrected chi connectivity index (χ3v) is 7.87. The van der Waals surface area contributed by atoms with E-state index in [1.54, 1.807) is 30.3 Å². The number of carbonyl (C=O) groups is 1. The highest BCUT2D eigenvalue weighted by Crippen LogP contribution is 2.44. The molecule has 0 saturated heterocycles. The molecule has 8 nitrogen and oxygen atoms in total. The third-order valence-electron chi connectivity index (χ3n) is 6.05. The number of nitro benzene ring substituents is 1. The Bertz CT molecular complexity index is 1060. The number of rotatable bonds is 7. The smallest absolute Gasteiger partial charge is 0.289 e. The van der Waals surface area contributed by atoms with Gasteiger partial charge in [-0.3, -0.25) is 19.2 Å². The van der Waals surface area contributed by atoms with Crippen molar-refractivity contribution in [2.24, 2.45) is 11.8 Å². The van der Waals surface area contributed by atoms with E-state index in [2.05, 4.69) is 5.32 Å². The molecule has 4 rings (SSSR count). The Labute approximate surface area is 175 Å². The van der Waals surface area contributed by atoms with Crippen molar-refractivity contribution in [1.29, 1.82) is 0 Å². The standard InChI is InChI=1S/C21H23N3O5S/c25-21(22-18-13-15-10-11-16(18)12-15)14-23(17-6-2-1-3-7-17)30(28,29)20-9-5-4-8-19(20)24(26)27/h1-9,15-16,18H,10-14H2,(H,22,25)/t15-,16+,18+/m0/s1. The minimum absolute atomic E-state index is 0.0719. The number of anilines is 1. The highest BCUT2D eigenvalue weighted by Gasteiger charge is 2.41. The van der Waals surface area contributed by atoms with Crippen molar-refractivity contribution in [2.45, 2.75) is 36.6 Å². The van der Waals surface area contributed by atoms with Gasteiger partial charge in [0.15, 0.2) is 4.90 Å². The summed E-state index contributed by atoms with van der Waals surface area (Å²) in [5.41, 5.74) is -0.245. The Morgan fingerprint density at radius 2 is 1.77 bits per heavy atom. The van der Waals surface area contributed by atoms with Crippen molar-refractivity contribution in [3.8, 4) is 0 Å². The number of nitro groups is 1. The van der Waals surface area contributed by atoms with Crippen LogP contribution in [-0.4, -0.2) is 31.8 Å². The molecular weight excluding hydrogens is 406 g/mol. The maximum atomic E-state index is 13.4. The van der Waals surface area contributed by atoms with Gasteiger partial charge in [-0.1, -0.05) is 36.8 Å². The molecule has 2 aliphatic carbocycles. The van der Waals surface area contributed by atoms with Crippen LogP contribution >= 0.6 is 0 Å². The summed E-state index contributed by atoms with van der Waals surface area (Å²) in [6.45, 7) is -0.438. The zero-order valence-electron chi connectivity index (χ0n) is 16.3. The lowest BCUT2D eigenvalue weighted by Crippen LogP contribution is -2.46. The lowest BCUT2D eigenvalue weighted by atomic mass is 9.95. The third kappa shape index (κ3) is 3.89. The molecule has 0 heterocycles. The van der Waals surface area contributed by atoms with E-state index in [4.69, 9.17) is 0 Å². The summed E-state index contributed by atoms with van der Waals surface area (Å²) in [5, 5.41) is 14.4. The van der Waals surface area contributed by atoms with E-state index in [1.165, 1.54) is 24.6 Å². The number of nitrogens with one attached hydrogen (secondary N) is 1. The maximum absolute atomic E-state index is 13.4. The number of benzene rings is 2. The topological polar surface area (TPSA) is 110 Å². The number of amides is 1. The van der Waals surface area contributed by atoms with E-state index >= 15 is 0 Å². The fraction of sp³-hybridized carbons (Fsp3) is 0.381. The minimum Gasteiger partial charge on any atom is -0.352 e. The van der Waals surface area contributed by atoms with Gasteiger partial charge < -0.3 is 5.32 Å². The summed E-state index contributed by atoms with van der Waals surface area (Å²) < 4.78 is 27.7. The monoisotopic (exact) mass is 429 g/mol. The molecule has 1 amide bonds. The van der Waals surface area contributed by atoms with E-state index in [1.807, 2.05) is 0 Å².